The number of halogens is 1. The van der Waals surface area contributed by atoms with Crippen LogP contribution < -0.4 is 0 Å². The van der Waals surface area contributed by atoms with Gasteiger partial charge in [-0.3, -0.25) is 0 Å². The van der Waals surface area contributed by atoms with Gasteiger partial charge in [0.05, 0.1) is 11.6 Å². The first-order valence-electron chi connectivity index (χ1n) is 10.8. The van der Waals surface area contributed by atoms with Crippen LogP contribution in [0.25, 0.3) is 17.2 Å². The number of aryl methyl sites for hydroxylation is 1. The Balaban J connectivity index is 1.63. The molecule has 0 aliphatic heterocycles. The largest absolute Gasteiger partial charge is 0.206 e. The van der Waals surface area contributed by atoms with E-state index >= 15 is 4.39 Å². The Bertz CT molecular complexity index is 1240. The summed E-state index contributed by atoms with van der Waals surface area (Å²) >= 11 is 0. The second-order valence-electron chi connectivity index (χ2n) is 7.89. The lowest BCUT2D eigenvalue weighted by atomic mass is 9.92. The summed E-state index contributed by atoms with van der Waals surface area (Å²) in [5.74, 6) is 6.19. The maximum atomic E-state index is 15.6. The molecule has 0 unspecified atom stereocenters. The zero-order chi connectivity index (χ0) is 21.8. The lowest BCUT2D eigenvalue weighted by Crippen LogP contribution is -1.99. The smallest absolute Gasteiger partial charge is 0.135 e. The number of rotatable bonds is 4. The average Bonchev–Trinajstić information content (AvgIpc) is 3.21. The van der Waals surface area contributed by atoms with Gasteiger partial charge in [0.2, 0.25) is 0 Å². The van der Waals surface area contributed by atoms with E-state index in [9.17, 15) is 0 Å². The van der Waals surface area contributed by atoms with Crippen LogP contribution in [0, 0.1) is 29.0 Å². The average molecular weight is 406 g/mol. The fourth-order valence-electron chi connectivity index (χ4n) is 4.14. The van der Waals surface area contributed by atoms with Gasteiger partial charge < -0.3 is 0 Å². The van der Waals surface area contributed by atoms with E-state index in [1.807, 2.05) is 36.4 Å². The summed E-state index contributed by atoms with van der Waals surface area (Å²) in [7, 11) is 0. The molecule has 3 aromatic carbocycles. The van der Waals surface area contributed by atoms with Crippen molar-refractivity contribution in [2.75, 3.05) is 0 Å². The van der Waals surface area contributed by atoms with Crippen LogP contribution in [0.1, 0.15) is 60.1 Å². The van der Waals surface area contributed by atoms with Gasteiger partial charge in [0.1, 0.15) is 5.82 Å². The first-order chi connectivity index (χ1) is 15.1. The molecule has 1 aliphatic carbocycles. The molecule has 2 heteroatoms. The van der Waals surface area contributed by atoms with E-state index in [2.05, 4.69) is 43.9 Å². The predicted molar refractivity (Wildman–Crippen MR) is 125 cm³/mol. The van der Waals surface area contributed by atoms with Gasteiger partial charge in [-0.25, -0.2) is 4.39 Å². The lowest BCUT2D eigenvalue weighted by molar-refractivity contribution is 0.615. The van der Waals surface area contributed by atoms with Crippen LogP contribution in [-0.2, 0) is 12.8 Å². The Morgan fingerprint density at radius 2 is 1.52 bits per heavy atom. The minimum Gasteiger partial charge on any atom is -0.206 e. The summed E-state index contributed by atoms with van der Waals surface area (Å²) in [5.41, 5.74) is 8.22. The normalized spacial score (nSPS) is 11.9. The molecule has 31 heavy (non-hydrogen) atoms. The fourth-order valence-corrected chi connectivity index (χ4v) is 4.14. The second-order valence-corrected chi connectivity index (χ2v) is 7.89. The zero-order valence-electron chi connectivity index (χ0n) is 17.9. The Morgan fingerprint density at radius 1 is 0.903 bits per heavy atom. The molecule has 0 heterocycles. The maximum Gasteiger partial charge on any atom is 0.135 e. The summed E-state index contributed by atoms with van der Waals surface area (Å²) in [5, 5.41) is 8.89. The highest BCUT2D eigenvalue weighted by Crippen LogP contribution is 2.37. The van der Waals surface area contributed by atoms with Gasteiger partial charge in [0, 0.05) is 16.7 Å². The first kappa shape index (κ1) is 20.6. The highest BCUT2D eigenvalue weighted by Gasteiger charge is 2.22. The van der Waals surface area contributed by atoms with Gasteiger partial charge in [-0.1, -0.05) is 62.0 Å². The molecule has 152 valence electrons. The van der Waals surface area contributed by atoms with Crippen molar-refractivity contribution in [2.45, 2.75) is 39.5 Å². The van der Waals surface area contributed by atoms with E-state index < -0.39 is 0 Å². The second kappa shape index (κ2) is 9.03. The number of allylic oxidation sites excluding steroid dienone is 1. The Kier molecular flexibility index (Phi) is 6.01. The molecule has 0 aromatic heterocycles. The molecule has 4 rings (SSSR count). The van der Waals surface area contributed by atoms with Gasteiger partial charge in [0.25, 0.3) is 0 Å². The van der Waals surface area contributed by atoms with Crippen LogP contribution in [0.15, 0.2) is 60.2 Å². The van der Waals surface area contributed by atoms with E-state index in [4.69, 9.17) is 5.26 Å². The number of nitrogens with zero attached hydrogens (tertiary/aromatic N) is 1. The van der Waals surface area contributed by atoms with Crippen LogP contribution in [-0.4, -0.2) is 0 Å². The Labute approximate surface area is 183 Å². The van der Waals surface area contributed by atoms with Crippen LogP contribution in [0.5, 0.6) is 0 Å². The van der Waals surface area contributed by atoms with Gasteiger partial charge >= 0.3 is 0 Å². The molecule has 0 bridgehead atoms. The van der Waals surface area contributed by atoms with E-state index in [0.29, 0.717) is 5.56 Å². The van der Waals surface area contributed by atoms with Crippen molar-refractivity contribution in [2.24, 2.45) is 0 Å². The molecule has 0 saturated heterocycles. The van der Waals surface area contributed by atoms with E-state index in [1.165, 1.54) is 5.57 Å². The summed E-state index contributed by atoms with van der Waals surface area (Å²) in [4.78, 5) is 0. The third kappa shape index (κ3) is 4.30. The van der Waals surface area contributed by atoms with Crippen LogP contribution in [0.4, 0.5) is 4.39 Å². The minimum absolute atomic E-state index is 0.0758. The molecule has 1 aliphatic rings. The minimum atomic E-state index is -0.0758. The maximum absolute atomic E-state index is 15.6. The molecular formula is C29H24FN. The van der Waals surface area contributed by atoms with Crippen LogP contribution in [0.3, 0.4) is 0 Å². The van der Waals surface area contributed by atoms with E-state index in [0.717, 1.165) is 64.6 Å². The monoisotopic (exact) mass is 405 g/mol. The molecule has 0 radical (unpaired) electrons. The first-order valence-corrected chi connectivity index (χ1v) is 10.8. The number of benzene rings is 3. The standard InChI is InChI=1S/C29H24FN/c1-3-5-23-16-26-18-24(4-2)28(29(30)27(26)17-23)25-14-12-21(13-15-25)7-6-20-8-10-22(19-31)11-9-20/h8-16,18H,3-5,17H2,1-2H3. The van der Waals surface area contributed by atoms with Gasteiger partial charge in [0.15, 0.2) is 0 Å². The van der Waals surface area contributed by atoms with Crippen molar-refractivity contribution in [3.05, 3.63) is 99.4 Å². The number of fused-ring (bicyclic) bond motifs is 1. The van der Waals surface area contributed by atoms with Crippen molar-refractivity contribution in [1.29, 1.82) is 5.26 Å². The molecule has 0 saturated carbocycles. The quantitative estimate of drug-likeness (QED) is 0.426. The Hall–Kier alpha value is -3.62. The number of hydrogen-bond acceptors (Lipinski definition) is 1. The fraction of sp³-hybridized carbons (Fsp3) is 0.207. The molecule has 0 fully saturated rings. The lowest BCUT2D eigenvalue weighted by Gasteiger charge is -2.14. The molecule has 0 spiro atoms. The molecule has 3 aromatic rings. The predicted octanol–water partition coefficient (Wildman–Crippen LogP) is 7.07. The zero-order valence-corrected chi connectivity index (χ0v) is 17.9. The summed E-state index contributed by atoms with van der Waals surface area (Å²) in [6.45, 7) is 4.24. The van der Waals surface area contributed by atoms with Gasteiger partial charge in [-0.15, -0.1) is 0 Å². The van der Waals surface area contributed by atoms with Crippen molar-refractivity contribution in [1.82, 2.24) is 0 Å². The molecule has 0 N–H and O–H groups in total. The molecule has 0 atom stereocenters. The highest BCUT2D eigenvalue weighted by molar-refractivity contribution is 5.76. The summed E-state index contributed by atoms with van der Waals surface area (Å²) < 4.78 is 15.6. The summed E-state index contributed by atoms with van der Waals surface area (Å²) in [6.07, 6.45) is 5.79. The van der Waals surface area contributed by atoms with Crippen molar-refractivity contribution >= 4 is 6.08 Å². The van der Waals surface area contributed by atoms with Gasteiger partial charge in [-0.2, -0.15) is 5.26 Å². The topological polar surface area (TPSA) is 23.8 Å². The van der Waals surface area contributed by atoms with Crippen molar-refractivity contribution in [3.63, 3.8) is 0 Å². The Morgan fingerprint density at radius 3 is 2.10 bits per heavy atom. The van der Waals surface area contributed by atoms with E-state index in [-0.39, 0.29) is 5.82 Å². The number of nitriles is 1. The molecule has 1 nitrogen and oxygen atoms in total. The van der Waals surface area contributed by atoms with Crippen LogP contribution >= 0.6 is 0 Å². The third-order valence-corrected chi connectivity index (χ3v) is 5.74. The van der Waals surface area contributed by atoms with Gasteiger partial charge in [-0.05, 0) is 77.9 Å². The van der Waals surface area contributed by atoms with Crippen molar-refractivity contribution < 1.29 is 4.39 Å². The van der Waals surface area contributed by atoms with E-state index in [1.54, 1.807) is 12.1 Å². The SMILES string of the molecule is CCCC1=Cc2cc(CC)c(-c3ccc(C#Cc4ccc(C#N)cc4)cc3)c(F)c2C1. The molecular weight excluding hydrogens is 381 g/mol. The molecule has 0 amide bonds. The van der Waals surface area contributed by atoms with Crippen molar-refractivity contribution in [3.8, 4) is 29.0 Å². The summed E-state index contributed by atoms with van der Waals surface area (Å²) in [6, 6.07) is 19.3. The number of hydrogen-bond donors (Lipinski definition) is 0. The third-order valence-electron chi connectivity index (χ3n) is 5.74. The van der Waals surface area contributed by atoms with Crippen LogP contribution in [0.2, 0.25) is 0 Å². The highest BCUT2D eigenvalue weighted by atomic mass is 19.1.